The minimum atomic E-state index is -0.418. The fraction of sp³-hybridized carbons (Fsp3) is 0.600. The smallest absolute Gasteiger partial charge is 0.323 e. The van der Waals surface area contributed by atoms with Crippen molar-refractivity contribution in [1.29, 1.82) is 0 Å². The van der Waals surface area contributed by atoms with Gasteiger partial charge in [0.1, 0.15) is 5.76 Å². The second kappa shape index (κ2) is 4.52. The highest BCUT2D eigenvalue weighted by Gasteiger charge is 2.22. The summed E-state index contributed by atoms with van der Waals surface area (Å²) in [4.78, 5) is 13.3. The quantitative estimate of drug-likeness (QED) is 0.746. The summed E-state index contributed by atoms with van der Waals surface area (Å²) >= 11 is 0. The van der Waals surface area contributed by atoms with E-state index < -0.39 is 6.10 Å². The molecule has 2 amide bonds. The van der Waals surface area contributed by atoms with Crippen LogP contribution < -0.4 is 5.32 Å². The van der Waals surface area contributed by atoms with Crippen LogP contribution in [0.25, 0.3) is 0 Å². The number of aliphatic hydroxyl groups excluding tert-OH is 1. The molecule has 1 aromatic rings. The molecule has 1 atom stereocenters. The minimum absolute atomic E-state index is 0.243. The number of hydrogen-bond acceptors (Lipinski definition) is 4. The molecule has 1 aliphatic heterocycles. The molecule has 6 nitrogen and oxygen atoms in total. The fourth-order valence-electron chi connectivity index (χ4n) is 1.75. The van der Waals surface area contributed by atoms with Crippen LogP contribution in [0.3, 0.4) is 0 Å². The number of urea groups is 1. The summed E-state index contributed by atoms with van der Waals surface area (Å²) in [5.41, 5.74) is 0. The predicted octanol–water partition coefficient (Wildman–Crippen LogP) is 0.972. The topological polar surface area (TPSA) is 78.6 Å². The monoisotopic (exact) mass is 225 g/mol. The maximum absolute atomic E-state index is 11.7. The van der Waals surface area contributed by atoms with E-state index in [1.807, 2.05) is 0 Å². The van der Waals surface area contributed by atoms with Crippen molar-refractivity contribution in [2.45, 2.75) is 25.9 Å². The summed E-state index contributed by atoms with van der Waals surface area (Å²) < 4.78 is 4.84. The van der Waals surface area contributed by atoms with Crippen LogP contribution in [0.1, 0.15) is 18.6 Å². The Balaban J connectivity index is 1.92. The van der Waals surface area contributed by atoms with E-state index in [1.165, 1.54) is 0 Å². The van der Waals surface area contributed by atoms with Crippen LogP contribution in [-0.2, 0) is 0 Å². The van der Waals surface area contributed by atoms with E-state index in [4.69, 9.17) is 4.52 Å². The van der Waals surface area contributed by atoms with Gasteiger partial charge in [-0.25, -0.2) is 4.79 Å². The number of carbonyl (C=O) groups excluding carboxylic acids is 1. The van der Waals surface area contributed by atoms with Crippen molar-refractivity contribution in [3.8, 4) is 0 Å². The number of aromatic nitrogens is 1. The van der Waals surface area contributed by atoms with Gasteiger partial charge in [0.2, 0.25) is 0 Å². The molecule has 0 aromatic carbocycles. The molecule has 0 saturated carbocycles. The number of hydrogen-bond donors (Lipinski definition) is 2. The van der Waals surface area contributed by atoms with Crippen molar-refractivity contribution in [1.82, 2.24) is 10.1 Å². The number of carbonyl (C=O) groups is 1. The van der Waals surface area contributed by atoms with Crippen LogP contribution in [0.5, 0.6) is 0 Å². The third-order valence-corrected chi connectivity index (χ3v) is 2.55. The molecule has 1 fully saturated rings. The van der Waals surface area contributed by atoms with Crippen LogP contribution in [0.15, 0.2) is 10.6 Å². The first kappa shape index (κ1) is 10.9. The summed E-state index contributed by atoms with van der Waals surface area (Å²) in [5.74, 6) is 1.05. The van der Waals surface area contributed by atoms with Gasteiger partial charge in [0.05, 0.1) is 6.10 Å². The zero-order valence-electron chi connectivity index (χ0n) is 9.14. The van der Waals surface area contributed by atoms with Crippen molar-refractivity contribution in [3.05, 3.63) is 11.8 Å². The Hall–Kier alpha value is -1.56. The van der Waals surface area contributed by atoms with Crippen molar-refractivity contribution in [2.24, 2.45) is 0 Å². The van der Waals surface area contributed by atoms with Gasteiger partial charge in [-0.05, 0) is 19.8 Å². The third kappa shape index (κ3) is 2.52. The second-order valence-corrected chi connectivity index (χ2v) is 4.00. The van der Waals surface area contributed by atoms with E-state index in [1.54, 1.807) is 17.9 Å². The summed E-state index contributed by atoms with van der Waals surface area (Å²) in [6.45, 7) is 2.80. The summed E-state index contributed by atoms with van der Waals surface area (Å²) in [7, 11) is 0. The van der Waals surface area contributed by atoms with E-state index in [0.717, 1.165) is 12.8 Å². The minimum Gasteiger partial charge on any atom is -0.391 e. The molecule has 6 heteroatoms. The average Bonchev–Trinajstić information content (AvgIpc) is 2.64. The van der Waals surface area contributed by atoms with Gasteiger partial charge in [-0.2, -0.15) is 0 Å². The average molecular weight is 225 g/mol. The van der Waals surface area contributed by atoms with Crippen molar-refractivity contribution >= 4 is 11.8 Å². The Bertz CT molecular complexity index is 377. The first-order valence-electron chi connectivity index (χ1n) is 5.32. The summed E-state index contributed by atoms with van der Waals surface area (Å²) in [6.07, 6.45) is 1.16. The van der Waals surface area contributed by atoms with Crippen molar-refractivity contribution in [3.63, 3.8) is 0 Å². The van der Waals surface area contributed by atoms with Gasteiger partial charge in [-0.3, -0.25) is 5.32 Å². The number of piperidine rings is 1. The SMILES string of the molecule is Cc1cc(NC(=O)N2CCCC(O)C2)no1. The Labute approximate surface area is 93.2 Å². The molecule has 0 spiro atoms. The molecule has 1 unspecified atom stereocenters. The number of nitrogens with one attached hydrogen (secondary N) is 1. The highest BCUT2D eigenvalue weighted by molar-refractivity contribution is 5.88. The number of aryl methyl sites for hydroxylation is 1. The largest absolute Gasteiger partial charge is 0.391 e. The van der Waals surface area contributed by atoms with Crippen LogP contribution in [-0.4, -0.2) is 40.4 Å². The Morgan fingerprint density at radius 3 is 3.19 bits per heavy atom. The van der Waals surface area contributed by atoms with Gasteiger partial charge >= 0.3 is 6.03 Å². The van der Waals surface area contributed by atoms with Gasteiger partial charge in [0.25, 0.3) is 0 Å². The number of amides is 2. The molecule has 0 bridgehead atoms. The molecule has 16 heavy (non-hydrogen) atoms. The molecule has 2 heterocycles. The predicted molar refractivity (Wildman–Crippen MR) is 57.1 cm³/mol. The molecular formula is C10H15N3O3. The zero-order chi connectivity index (χ0) is 11.5. The fourth-order valence-corrected chi connectivity index (χ4v) is 1.75. The van der Waals surface area contributed by atoms with E-state index >= 15 is 0 Å². The lowest BCUT2D eigenvalue weighted by atomic mass is 10.1. The number of β-amino-alcohol motifs (C(OH)–C–C–N with tert-alkyl or cyclic N) is 1. The van der Waals surface area contributed by atoms with Crippen LogP contribution in [0.2, 0.25) is 0 Å². The number of likely N-dealkylation sites (tertiary alicyclic amines) is 1. The molecule has 0 radical (unpaired) electrons. The number of anilines is 1. The molecule has 1 aromatic heterocycles. The molecule has 0 aliphatic carbocycles. The van der Waals surface area contributed by atoms with Gasteiger partial charge in [0.15, 0.2) is 5.82 Å². The van der Waals surface area contributed by atoms with Crippen LogP contribution >= 0.6 is 0 Å². The Kier molecular flexibility index (Phi) is 3.09. The van der Waals surface area contributed by atoms with Crippen LogP contribution in [0, 0.1) is 6.92 Å². The van der Waals surface area contributed by atoms with E-state index in [9.17, 15) is 9.90 Å². The van der Waals surface area contributed by atoms with Crippen LogP contribution in [0.4, 0.5) is 10.6 Å². The second-order valence-electron chi connectivity index (χ2n) is 4.00. The van der Waals surface area contributed by atoms with Gasteiger partial charge in [-0.15, -0.1) is 0 Å². The maximum Gasteiger partial charge on any atom is 0.323 e. The van der Waals surface area contributed by atoms with E-state index in [2.05, 4.69) is 10.5 Å². The van der Waals surface area contributed by atoms with Gasteiger partial charge in [0, 0.05) is 19.2 Å². The van der Waals surface area contributed by atoms with Crippen molar-refractivity contribution in [2.75, 3.05) is 18.4 Å². The molecule has 2 N–H and O–H groups in total. The summed E-state index contributed by atoms with van der Waals surface area (Å²) in [5, 5.41) is 15.7. The third-order valence-electron chi connectivity index (χ3n) is 2.55. The first-order chi connectivity index (χ1) is 7.65. The molecular weight excluding hydrogens is 210 g/mol. The normalized spacial score (nSPS) is 20.9. The number of aliphatic hydroxyl groups is 1. The number of rotatable bonds is 1. The highest BCUT2D eigenvalue weighted by Crippen LogP contribution is 2.12. The molecule has 1 aliphatic rings. The highest BCUT2D eigenvalue weighted by atomic mass is 16.5. The Morgan fingerprint density at radius 1 is 1.75 bits per heavy atom. The molecule has 2 rings (SSSR count). The number of nitrogens with zero attached hydrogens (tertiary/aromatic N) is 2. The summed E-state index contributed by atoms with van der Waals surface area (Å²) in [6, 6.07) is 1.41. The lowest BCUT2D eigenvalue weighted by Gasteiger charge is -2.29. The van der Waals surface area contributed by atoms with Gasteiger partial charge in [-0.1, -0.05) is 5.16 Å². The zero-order valence-corrected chi connectivity index (χ0v) is 9.14. The van der Waals surface area contributed by atoms with Gasteiger partial charge < -0.3 is 14.5 Å². The standard InChI is InChI=1S/C10H15N3O3/c1-7-5-9(12-16-7)11-10(15)13-4-2-3-8(14)6-13/h5,8,14H,2-4,6H2,1H3,(H,11,12,15). The lowest BCUT2D eigenvalue weighted by molar-refractivity contribution is 0.0883. The first-order valence-corrected chi connectivity index (χ1v) is 5.32. The molecule has 88 valence electrons. The van der Waals surface area contributed by atoms with E-state index in [0.29, 0.717) is 24.7 Å². The van der Waals surface area contributed by atoms with E-state index in [-0.39, 0.29) is 6.03 Å². The molecule has 1 saturated heterocycles. The van der Waals surface area contributed by atoms with Crippen molar-refractivity contribution < 1.29 is 14.4 Å². The maximum atomic E-state index is 11.7. The lowest BCUT2D eigenvalue weighted by Crippen LogP contribution is -2.44. The Morgan fingerprint density at radius 2 is 2.56 bits per heavy atom.